The van der Waals surface area contributed by atoms with Crippen LogP contribution in [0.3, 0.4) is 0 Å². The molecule has 2 aromatic rings. The number of nitrogens with one attached hydrogen (secondary N) is 1. The molecule has 2 rings (SSSR count). The second-order valence-electron chi connectivity index (χ2n) is 5.79. The van der Waals surface area contributed by atoms with Crippen LogP contribution >= 0.6 is 0 Å². The molecular formula is C17H25N3. The van der Waals surface area contributed by atoms with Crippen molar-refractivity contribution in [2.24, 2.45) is 5.92 Å². The molecule has 1 unspecified atom stereocenters. The van der Waals surface area contributed by atoms with Crippen molar-refractivity contribution >= 4 is 16.7 Å². The molecule has 0 saturated carbocycles. The number of fused-ring (bicyclic) bond motifs is 1. The lowest BCUT2D eigenvalue weighted by atomic mass is 10.0. The van der Waals surface area contributed by atoms with Gasteiger partial charge in [0, 0.05) is 30.6 Å². The lowest BCUT2D eigenvalue weighted by Crippen LogP contribution is -2.34. The van der Waals surface area contributed by atoms with Gasteiger partial charge in [-0.25, -0.2) is 4.98 Å². The lowest BCUT2D eigenvalue weighted by molar-refractivity contribution is 0.501. The molecule has 108 valence electrons. The summed E-state index contributed by atoms with van der Waals surface area (Å²) in [5.41, 5.74) is 2.31. The topological polar surface area (TPSA) is 28.2 Å². The molecule has 0 aliphatic rings. The third-order valence-corrected chi connectivity index (χ3v) is 4.06. The zero-order valence-electron chi connectivity index (χ0n) is 13.1. The number of hydrogen-bond donors (Lipinski definition) is 1. The van der Waals surface area contributed by atoms with Crippen LogP contribution in [0.1, 0.15) is 26.3 Å². The summed E-state index contributed by atoms with van der Waals surface area (Å²) >= 11 is 0. The van der Waals surface area contributed by atoms with Crippen LogP contribution in [0.2, 0.25) is 0 Å². The molecule has 0 amide bonds. The quantitative estimate of drug-likeness (QED) is 0.903. The van der Waals surface area contributed by atoms with Crippen molar-refractivity contribution in [3.05, 3.63) is 35.9 Å². The Morgan fingerprint density at radius 1 is 1.20 bits per heavy atom. The molecule has 20 heavy (non-hydrogen) atoms. The summed E-state index contributed by atoms with van der Waals surface area (Å²) < 4.78 is 0. The van der Waals surface area contributed by atoms with Crippen molar-refractivity contribution < 1.29 is 0 Å². The van der Waals surface area contributed by atoms with E-state index in [2.05, 4.69) is 62.3 Å². The molecule has 0 radical (unpaired) electrons. The van der Waals surface area contributed by atoms with Gasteiger partial charge in [-0.1, -0.05) is 32.0 Å². The zero-order valence-corrected chi connectivity index (χ0v) is 13.1. The van der Waals surface area contributed by atoms with Crippen molar-refractivity contribution in [3.63, 3.8) is 0 Å². The molecule has 0 aliphatic heterocycles. The highest BCUT2D eigenvalue weighted by atomic mass is 15.2. The van der Waals surface area contributed by atoms with E-state index in [-0.39, 0.29) is 0 Å². The zero-order chi connectivity index (χ0) is 14.7. The minimum atomic E-state index is 0.458. The Labute approximate surface area is 122 Å². The molecule has 1 aromatic carbocycles. The van der Waals surface area contributed by atoms with Crippen LogP contribution < -0.4 is 10.2 Å². The minimum Gasteiger partial charge on any atom is -0.356 e. The predicted octanol–water partition coefficient (Wildman–Crippen LogP) is 3.43. The largest absolute Gasteiger partial charge is 0.356 e. The van der Waals surface area contributed by atoms with Gasteiger partial charge in [0.2, 0.25) is 0 Å². The van der Waals surface area contributed by atoms with Crippen molar-refractivity contribution in [1.82, 2.24) is 10.3 Å². The maximum absolute atomic E-state index is 4.88. The number of benzene rings is 1. The molecule has 0 bridgehead atoms. The fourth-order valence-corrected chi connectivity index (χ4v) is 2.42. The molecule has 0 spiro atoms. The van der Waals surface area contributed by atoms with E-state index in [9.17, 15) is 0 Å². The molecule has 0 fully saturated rings. The first-order valence-electron chi connectivity index (χ1n) is 7.30. The highest BCUT2D eigenvalue weighted by Crippen LogP contribution is 2.25. The first-order chi connectivity index (χ1) is 9.54. The van der Waals surface area contributed by atoms with E-state index in [1.165, 1.54) is 10.9 Å². The SMILES string of the molecule is CNCc1cc2ccccc2nc1N(C)C(C)C(C)C. The number of anilines is 1. The molecule has 1 aromatic heterocycles. The van der Waals surface area contributed by atoms with Crippen LogP contribution in [0.5, 0.6) is 0 Å². The van der Waals surface area contributed by atoms with Gasteiger partial charge >= 0.3 is 0 Å². The van der Waals surface area contributed by atoms with Gasteiger partial charge in [-0.15, -0.1) is 0 Å². The van der Waals surface area contributed by atoms with Crippen LogP contribution in [-0.2, 0) is 6.54 Å². The Hall–Kier alpha value is -1.61. The summed E-state index contributed by atoms with van der Waals surface area (Å²) in [7, 11) is 4.12. The third kappa shape index (κ3) is 2.93. The maximum atomic E-state index is 4.88. The lowest BCUT2D eigenvalue weighted by Gasteiger charge is -2.31. The van der Waals surface area contributed by atoms with Crippen LogP contribution in [0.15, 0.2) is 30.3 Å². The van der Waals surface area contributed by atoms with E-state index in [0.717, 1.165) is 17.9 Å². The van der Waals surface area contributed by atoms with E-state index < -0.39 is 0 Å². The Kier molecular flexibility index (Phi) is 4.61. The van der Waals surface area contributed by atoms with Crippen molar-refractivity contribution in [2.45, 2.75) is 33.4 Å². The molecule has 1 atom stereocenters. The van der Waals surface area contributed by atoms with E-state index in [1.54, 1.807) is 0 Å². The van der Waals surface area contributed by atoms with E-state index in [1.807, 2.05) is 13.1 Å². The number of hydrogen-bond acceptors (Lipinski definition) is 3. The summed E-state index contributed by atoms with van der Waals surface area (Å²) in [6.45, 7) is 7.59. The second-order valence-corrected chi connectivity index (χ2v) is 5.79. The molecular weight excluding hydrogens is 246 g/mol. The normalized spacial score (nSPS) is 12.9. The first kappa shape index (κ1) is 14.8. The molecule has 0 saturated heterocycles. The summed E-state index contributed by atoms with van der Waals surface area (Å²) in [4.78, 5) is 7.18. The average Bonchev–Trinajstić information content (AvgIpc) is 2.45. The maximum Gasteiger partial charge on any atom is 0.133 e. The number of rotatable bonds is 5. The summed E-state index contributed by atoms with van der Waals surface area (Å²) in [6, 6.07) is 11.0. The Morgan fingerprint density at radius 3 is 2.55 bits per heavy atom. The van der Waals surface area contributed by atoms with Crippen LogP contribution in [0, 0.1) is 5.92 Å². The molecule has 0 aliphatic carbocycles. The first-order valence-corrected chi connectivity index (χ1v) is 7.30. The highest BCUT2D eigenvalue weighted by Gasteiger charge is 2.18. The van der Waals surface area contributed by atoms with Crippen LogP contribution in [-0.4, -0.2) is 25.1 Å². The smallest absolute Gasteiger partial charge is 0.133 e. The van der Waals surface area contributed by atoms with Gasteiger partial charge < -0.3 is 10.2 Å². The predicted molar refractivity (Wildman–Crippen MR) is 87.2 cm³/mol. The standard InChI is InChI=1S/C17H25N3/c1-12(2)13(3)20(5)17-15(11-18-4)10-14-8-6-7-9-16(14)19-17/h6-10,12-13,18H,11H2,1-5H3. The third-order valence-electron chi connectivity index (χ3n) is 4.06. The number of aromatic nitrogens is 1. The Balaban J connectivity index is 2.51. The van der Waals surface area contributed by atoms with Crippen molar-refractivity contribution in [1.29, 1.82) is 0 Å². The fraction of sp³-hybridized carbons (Fsp3) is 0.471. The van der Waals surface area contributed by atoms with E-state index in [0.29, 0.717) is 12.0 Å². The van der Waals surface area contributed by atoms with E-state index >= 15 is 0 Å². The van der Waals surface area contributed by atoms with Crippen LogP contribution in [0.4, 0.5) is 5.82 Å². The van der Waals surface area contributed by atoms with Gasteiger partial charge in [0.05, 0.1) is 5.52 Å². The van der Waals surface area contributed by atoms with Gasteiger partial charge in [0.1, 0.15) is 5.82 Å². The van der Waals surface area contributed by atoms with Gasteiger partial charge in [-0.2, -0.15) is 0 Å². The fourth-order valence-electron chi connectivity index (χ4n) is 2.42. The molecule has 1 N–H and O–H groups in total. The summed E-state index contributed by atoms with van der Waals surface area (Å²) in [5, 5.41) is 4.45. The van der Waals surface area contributed by atoms with E-state index in [4.69, 9.17) is 4.98 Å². The van der Waals surface area contributed by atoms with Crippen molar-refractivity contribution in [2.75, 3.05) is 19.0 Å². The number of nitrogens with zero attached hydrogens (tertiary/aromatic N) is 2. The molecule has 3 heteroatoms. The number of para-hydroxylation sites is 1. The monoisotopic (exact) mass is 271 g/mol. The van der Waals surface area contributed by atoms with Gasteiger partial charge in [-0.05, 0) is 32.0 Å². The Bertz CT molecular complexity index is 577. The van der Waals surface area contributed by atoms with Gasteiger partial charge in [0.15, 0.2) is 0 Å². The second kappa shape index (κ2) is 6.23. The Morgan fingerprint density at radius 2 is 1.90 bits per heavy atom. The summed E-state index contributed by atoms with van der Waals surface area (Å²) in [5.74, 6) is 1.68. The van der Waals surface area contributed by atoms with Gasteiger partial charge in [-0.3, -0.25) is 0 Å². The van der Waals surface area contributed by atoms with Crippen LogP contribution in [0.25, 0.3) is 10.9 Å². The number of pyridine rings is 1. The van der Waals surface area contributed by atoms with Gasteiger partial charge in [0.25, 0.3) is 0 Å². The molecule has 1 heterocycles. The highest BCUT2D eigenvalue weighted by molar-refractivity contribution is 5.81. The average molecular weight is 271 g/mol. The van der Waals surface area contributed by atoms with Crippen molar-refractivity contribution in [3.8, 4) is 0 Å². The minimum absolute atomic E-state index is 0.458. The molecule has 3 nitrogen and oxygen atoms in total. The summed E-state index contributed by atoms with van der Waals surface area (Å²) in [6.07, 6.45) is 0.